The highest BCUT2D eigenvalue weighted by atomic mass is 79.9. The maximum atomic E-state index is 5.54. The lowest BCUT2D eigenvalue weighted by atomic mass is 9.95. The van der Waals surface area contributed by atoms with E-state index in [9.17, 15) is 0 Å². The fourth-order valence-corrected chi connectivity index (χ4v) is 5.54. The summed E-state index contributed by atoms with van der Waals surface area (Å²) in [5.74, 6) is 2.74. The molecule has 2 bridgehead atoms. The van der Waals surface area contributed by atoms with Gasteiger partial charge in [0.05, 0.1) is 12.8 Å². The number of allylic oxidation sites excluding steroid dienone is 5. The number of methoxy groups -OCH3 is 1. The van der Waals surface area contributed by atoms with Gasteiger partial charge in [0.25, 0.3) is 0 Å². The lowest BCUT2D eigenvalue weighted by Crippen LogP contribution is -2.48. The van der Waals surface area contributed by atoms with Gasteiger partial charge in [0.2, 0.25) is 0 Å². The van der Waals surface area contributed by atoms with Crippen LogP contribution in [0.25, 0.3) is 0 Å². The molecule has 2 heterocycles. The summed E-state index contributed by atoms with van der Waals surface area (Å²) >= 11 is 4.81. The number of thioether (sulfide) groups is 1. The van der Waals surface area contributed by atoms with Crippen LogP contribution in [0.4, 0.5) is 5.69 Å². The molecule has 3 aliphatic rings. The van der Waals surface area contributed by atoms with Gasteiger partial charge in [-0.2, -0.15) is 0 Å². The summed E-state index contributed by atoms with van der Waals surface area (Å²) in [4.78, 5) is 6.67. The SMILES string of the molecule is CBr.COc1cccc(N(C2=C(SC)CC=CC=C2)C2CC3CCC(C2)N3C)c1. The number of ether oxygens (including phenoxy) is 1. The highest BCUT2D eigenvalue weighted by molar-refractivity contribution is 9.08. The highest BCUT2D eigenvalue weighted by Gasteiger charge is 2.41. The first-order chi connectivity index (χ1) is 14.2. The molecule has 158 valence electrons. The molecule has 2 saturated heterocycles. The van der Waals surface area contributed by atoms with Crippen molar-refractivity contribution in [3.05, 3.63) is 59.2 Å². The zero-order valence-electron chi connectivity index (χ0n) is 18.0. The first-order valence-electron chi connectivity index (χ1n) is 10.3. The van der Waals surface area contributed by atoms with Gasteiger partial charge in [-0.05, 0) is 69.4 Å². The van der Waals surface area contributed by atoms with Crippen LogP contribution in [0.5, 0.6) is 5.75 Å². The molecule has 4 rings (SSSR count). The number of nitrogens with zero attached hydrogens (tertiary/aromatic N) is 2. The van der Waals surface area contributed by atoms with E-state index in [2.05, 4.69) is 81.5 Å². The van der Waals surface area contributed by atoms with Crippen molar-refractivity contribution >= 4 is 33.4 Å². The summed E-state index contributed by atoms with van der Waals surface area (Å²) in [6, 6.07) is 10.5. The average Bonchev–Trinajstić information content (AvgIpc) is 2.97. The second-order valence-corrected chi connectivity index (χ2v) is 8.65. The first-order valence-corrected chi connectivity index (χ1v) is 13.2. The van der Waals surface area contributed by atoms with Crippen LogP contribution in [0.15, 0.2) is 59.2 Å². The third-order valence-corrected chi connectivity index (χ3v) is 7.23. The number of hydrogen-bond donors (Lipinski definition) is 0. The topological polar surface area (TPSA) is 15.7 Å². The van der Waals surface area contributed by atoms with Crippen LogP contribution in [0.1, 0.15) is 32.1 Å². The molecule has 2 unspecified atom stereocenters. The Hall–Kier alpha value is -1.17. The Bertz CT molecular complexity index is 762. The van der Waals surface area contributed by atoms with E-state index < -0.39 is 0 Å². The van der Waals surface area contributed by atoms with Crippen LogP contribution in [-0.2, 0) is 0 Å². The summed E-state index contributed by atoms with van der Waals surface area (Å²) in [5, 5.41) is 0. The molecule has 0 amide bonds. The predicted octanol–water partition coefficient (Wildman–Crippen LogP) is 6.23. The van der Waals surface area contributed by atoms with Gasteiger partial charge in [0.1, 0.15) is 5.75 Å². The normalized spacial score (nSPS) is 26.0. The molecule has 29 heavy (non-hydrogen) atoms. The molecule has 1 aromatic rings. The molecule has 2 atom stereocenters. The second kappa shape index (κ2) is 10.7. The van der Waals surface area contributed by atoms with Gasteiger partial charge in [-0.15, -0.1) is 11.8 Å². The number of hydrogen-bond acceptors (Lipinski definition) is 4. The number of rotatable bonds is 5. The molecule has 0 radical (unpaired) electrons. The van der Waals surface area contributed by atoms with Crippen LogP contribution in [-0.4, -0.2) is 49.3 Å². The standard InChI is InChI=1S/C23H30N2OS.CH3Br/c1-24-17-12-13-18(24)15-20(14-17)25(19-8-7-9-21(16-19)26-2)22-10-5-4-6-11-23(22)27-3;1-2/h4-10,16-18,20H,11-15H2,1-3H3;1H3. The monoisotopic (exact) mass is 476 g/mol. The van der Waals surface area contributed by atoms with Crippen LogP contribution < -0.4 is 9.64 Å². The maximum absolute atomic E-state index is 5.54. The number of alkyl halides is 1. The molecule has 2 fully saturated rings. The zero-order chi connectivity index (χ0) is 20.8. The third-order valence-electron chi connectivity index (χ3n) is 6.37. The maximum Gasteiger partial charge on any atom is 0.120 e. The first kappa shape index (κ1) is 22.5. The molecular formula is C24H33BrN2OS. The summed E-state index contributed by atoms with van der Waals surface area (Å²) in [5.41, 5.74) is 2.60. The molecule has 5 heteroatoms. The minimum absolute atomic E-state index is 0.533. The number of fused-ring (bicyclic) bond motifs is 2. The van der Waals surface area contributed by atoms with Crippen molar-refractivity contribution in [1.82, 2.24) is 4.90 Å². The van der Waals surface area contributed by atoms with E-state index in [1.165, 1.54) is 42.0 Å². The largest absolute Gasteiger partial charge is 0.497 e. The van der Waals surface area contributed by atoms with Crippen molar-refractivity contribution in [2.24, 2.45) is 0 Å². The molecule has 1 aliphatic carbocycles. The summed E-state index contributed by atoms with van der Waals surface area (Å²) in [7, 11) is 4.07. The lowest BCUT2D eigenvalue weighted by Gasteiger charge is -2.43. The van der Waals surface area contributed by atoms with E-state index in [0.29, 0.717) is 18.1 Å². The Balaban J connectivity index is 0.00000117. The fourth-order valence-electron chi connectivity index (χ4n) is 4.90. The van der Waals surface area contributed by atoms with Crippen molar-refractivity contribution in [2.45, 2.75) is 50.2 Å². The number of anilines is 1. The minimum atomic E-state index is 0.533. The van der Waals surface area contributed by atoms with Gasteiger partial charge in [-0.1, -0.05) is 40.2 Å². The smallest absolute Gasteiger partial charge is 0.120 e. The van der Waals surface area contributed by atoms with E-state index in [-0.39, 0.29) is 0 Å². The molecule has 0 aromatic heterocycles. The van der Waals surface area contributed by atoms with E-state index in [1.807, 2.05) is 23.7 Å². The van der Waals surface area contributed by atoms with Gasteiger partial charge in [0.15, 0.2) is 0 Å². The van der Waals surface area contributed by atoms with Gasteiger partial charge in [-0.3, -0.25) is 0 Å². The minimum Gasteiger partial charge on any atom is -0.497 e. The van der Waals surface area contributed by atoms with Crippen molar-refractivity contribution in [1.29, 1.82) is 0 Å². The van der Waals surface area contributed by atoms with Crippen LogP contribution >= 0.6 is 27.7 Å². The van der Waals surface area contributed by atoms with E-state index in [1.54, 1.807) is 7.11 Å². The van der Waals surface area contributed by atoms with Crippen LogP contribution in [0, 0.1) is 0 Å². The van der Waals surface area contributed by atoms with Gasteiger partial charge in [0, 0.05) is 34.8 Å². The van der Waals surface area contributed by atoms with E-state index in [4.69, 9.17) is 4.74 Å². The molecule has 0 spiro atoms. The molecule has 0 N–H and O–H groups in total. The highest BCUT2D eigenvalue weighted by Crippen LogP contribution is 2.41. The van der Waals surface area contributed by atoms with Gasteiger partial charge in [-0.25, -0.2) is 0 Å². The van der Waals surface area contributed by atoms with Crippen molar-refractivity contribution < 1.29 is 4.74 Å². The Labute approximate surface area is 189 Å². The Morgan fingerprint density at radius 2 is 1.86 bits per heavy atom. The van der Waals surface area contributed by atoms with Crippen molar-refractivity contribution in [3.8, 4) is 5.75 Å². The zero-order valence-corrected chi connectivity index (χ0v) is 20.4. The van der Waals surface area contributed by atoms with Crippen LogP contribution in [0.3, 0.4) is 0 Å². The predicted molar refractivity (Wildman–Crippen MR) is 131 cm³/mol. The quantitative estimate of drug-likeness (QED) is 0.467. The fraction of sp³-hybridized carbons (Fsp3) is 0.500. The van der Waals surface area contributed by atoms with E-state index >= 15 is 0 Å². The number of benzene rings is 1. The molecule has 1 aromatic carbocycles. The Morgan fingerprint density at radius 3 is 2.52 bits per heavy atom. The second-order valence-electron chi connectivity index (χ2n) is 7.75. The van der Waals surface area contributed by atoms with Gasteiger partial charge < -0.3 is 14.5 Å². The third kappa shape index (κ3) is 4.95. The molecule has 3 nitrogen and oxygen atoms in total. The molecule has 0 saturated carbocycles. The average molecular weight is 478 g/mol. The van der Waals surface area contributed by atoms with Crippen molar-refractivity contribution in [3.63, 3.8) is 0 Å². The Morgan fingerprint density at radius 1 is 1.14 bits per heavy atom. The lowest BCUT2D eigenvalue weighted by molar-refractivity contribution is 0.161. The number of halogens is 1. The Kier molecular flexibility index (Phi) is 8.34. The molecule has 2 aliphatic heterocycles. The summed E-state index contributed by atoms with van der Waals surface area (Å²) in [6.07, 6.45) is 17.3. The van der Waals surface area contributed by atoms with Crippen LogP contribution in [0.2, 0.25) is 0 Å². The molecular weight excluding hydrogens is 444 g/mol. The number of piperidine rings is 1. The van der Waals surface area contributed by atoms with Crippen molar-refractivity contribution in [2.75, 3.05) is 31.1 Å². The van der Waals surface area contributed by atoms with E-state index in [0.717, 1.165) is 12.2 Å². The van der Waals surface area contributed by atoms with Gasteiger partial charge >= 0.3 is 0 Å². The summed E-state index contributed by atoms with van der Waals surface area (Å²) in [6.45, 7) is 0. The summed E-state index contributed by atoms with van der Waals surface area (Å²) < 4.78 is 5.54.